The maximum Gasteiger partial charge on any atom is 0.233 e. The molecule has 0 fully saturated rings. The van der Waals surface area contributed by atoms with Gasteiger partial charge in [-0.2, -0.15) is 5.10 Å². The third kappa shape index (κ3) is 4.02. The van der Waals surface area contributed by atoms with Gasteiger partial charge in [0, 0.05) is 31.9 Å². The minimum Gasteiger partial charge on any atom is -0.355 e. The first kappa shape index (κ1) is 12.7. The van der Waals surface area contributed by atoms with E-state index < -0.39 is 0 Å². The summed E-state index contributed by atoms with van der Waals surface area (Å²) in [6, 6.07) is 0. The van der Waals surface area contributed by atoms with E-state index in [4.69, 9.17) is 0 Å². The molecule has 1 heterocycles. The molecule has 0 aliphatic carbocycles. The summed E-state index contributed by atoms with van der Waals surface area (Å²) in [6.45, 7) is 5.78. The zero-order valence-corrected chi connectivity index (χ0v) is 10.2. The average Bonchev–Trinajstić information content (AvgIpc) is 2.55. The Balaban J connectivity index is 2.25. The second-order valence-electron chi connectivity index (χ2n) is 3.87. The summed E-state index contributed by atoms with van der Waals surface area (Å²) < 4.78 is 1.78. The van der Waals surface area contributed by atoms with Crippen molar-refractivity contribution in [1.82, 2.24) is 20.4 Å². The summed E-state index contributed by atoms with van der Waals surface area (Å²) in [5.41, 5.74) is 2.13. The maximum absolute atomic E-state index is 11.3. The highest BCUT2D eigenvalue weighted by molar-refractivity contribution is 5.77. The van der Waals surface area contributed by atoms with Gasteiger partial charge in [0.1, 0.15) is 0 Å². The van der Waals surface area contributed by atoms with Gasteiger partial charge in [0.2, 0.25) is 5.91 Å². The highest BCUT2D eigenvalue weighted by Crippen LogP contribution is 2.03. The monoisotopic (exact) mass is 224 g/mol. The van der Waals surface area contributed by atoms with Crippen LogP contribution in [0.5, 0.6) is 0 Å². The Morgan fingerprint density at radius 1 is 1.56 bits per heavy atom. The summed E-state index contributed by atoms with van der Waals surface area (Å²) in [6.07, 6.45) is 2.93. The van der Waals surface area contributed by atoms with E-state index in [0.717, 1.165) is 24.2 Å². The lowest BCUT2D eigenvalue weighted by molar-refractivity contribution is -0.120. The van der Waals surface area contributed by atoms with Crippen molar-refractivity contribution in [3.63, 3.8) is 0 Å². The van der Waals surface area contributed by atoms with Crippen molar-refractivity contribution in [3.8, 4) is 0 Å². The minimum absolute atomic E-state index is 0.0448. The van der Waals surface area contributed by atoms with Gasteiger partial charge >= 0.3 is 0 Å². The second kappa shape index (κ2) is 6.27. The number of hydrogen-bond donors (Lipinski definition) is 2. The molecule has 0 unspecified atom stereocenters. The molecule has 0 bridgehead atoms. The Morgan fingerprint density at radius 2 is 2.31 bits per heavy atom. The largest absolute Gasteiger partial charge is 0.355 e. The van der Waals surface area contributed by atoms with Gasteiger partial charge in [0.15, 0.2) is 0 Å². The van der Waals surface area contributed by atoms with Crippen molar-refractivity contribution in [2.45, 2.75) is 26.8 Å². The predicted octanol–water partition coefficient (Wildman–Crippen LogP) is 0.344. The van der Waals surface area contributed by atoms with Gasteiger partial charge in [-0.05, 0) is 13.3 Å². The van der Waals surface area contributed by atoms with Gasteiger partial charge in [0.05, 0.1) is 12.2 Å². The van der Waals surface area contributed by atoms with Crippen LogP contribution in [0.1, 0.15) is 24.6 Å². The molecule has 1 amide bonds. The van der Waals surface area contributed by atoms with E-state index >= 15 is 0 Å². The van der Waals surface area contributed by atoms with Crippen LogP contribution >= 0.6 is 0 Å². The lowest BCUT2D eigenvalue weighted by Gasteiger charge is -2.04. The summed E-state index contributed by atoms with van der Waals surface area (Å²) in [5, 5.41) is 10.1. The number of hydrogen-bond acceptors (Lipinski definition) is 3. The number of aryl methyl sites for hydroxylation is 2. The zero-order chi connectivity index (χ0) is 12.0. The standard InChI is InChI=1S/C11H20N4O/c1-4-5-13-11(16)7-12-6-10-8-15(3)14-9(10)2/h8,12H,4-7H2,1-3H3,(H,13,16). The molecule has 1 aromatic rings. The predicted molar refractivity (Wildman–Crippen MR) is 63.0 cm³/mol. The molecule has 1 aromatic heterocycles. The number of carbonyl (C=O) groups is 1. The zero-order valence-electron chi connectivity index (χ0n) is 10.2. The number of aromatic nitrogens is 2. The highest BCUT2D eigenvalue weighted by Gasteiger charge is 2.03. The van der Waals surface area contributed by atoms with Crippen molar-refractivity contribution < 1.29 is 4.79 Å². The van der Waals surface area contributed by atoms with Crippen LogP contribution in [0.4, 0.5) is 0 Å². The van der Waals surface area contributed by atoms with Crippen molar-refractivity contribution >= 4 is 5.91 Å². The van der Waals surface area contributed by atoms with Crippen molar-refractivity contribution in [1.29, 1.82) is 0 Å². The Morgan fingerprint density at radius 3 is 2.88 bits per heavy atom. The molecular formula is C11H20N4O. The number of nitrogens with one attached hydrogen (secondary N) is 2. The van der Waals surface area contributed by atoms with E-state index in [0.29, 0.717) is 13.1 Å². The molecular weight excluding hydrogens is 204 g/mol. The van der Waals surface area contributed by atoms with E-state index in [9.17, 15) is 4.79 Å². The molecule has 5 heteroatoms. The van der Waals surface area contributed by atoms with Crippen LogP contribution in [-0.4, -0.2) is 28.8 Å². The third-order valence-electron chi connectivity index (χ3n) is 2.29. The van der Waals surface area contributed by atoms with E-state index in [2.05, 4.69) is 15.7 Å². The van der Waals surface area contributed by atoms with Crippen molar-refractivity contribution in [2.24, 2.45) is 7.05 Å². The van der Waals surface area contributed by atoms with Gasteiger partial charge in [-0.25, -0.2) is 0 Å². The first-order valence-electron chi connectivity index (χ1n) is 5.60. The molecule has 0 saturated carbocycles. The SMILES string of the molecule is CCCNC(=O)CNCc1cn(C)nc1C. The molecule has 5 nitrogen and oxygen atoms in total. The summed E-state index contributed by atoms with van der Waals surface area (Å²) in [4.78, 5) is 11.3. The van der Waals surface area contributed by atoms with Crippen molar-refractivity contribution in [2.75, 3.05) is 13.1 Å². The molecule has 90 valence electrons. The van der Waals surface area contributed by atoms with Gasteiger partial charge in [-0.15, -0.1) is 0 Å². The topological polar surface area (TPSA) is 59.0 Å². The van der Waals surface area contributed by atoms with Crippen molar-refractivity contribution in [3.05, 3.63) is 17.5 Å². The molecule has 0 atom stereocenters. The Bertz CT molecular complexity index is 346. The van der Waals surface area contributed by atoms with Gasteiger partial charge in [0.25, 0.3) is 0 Å². The molecule has 0 saturated heterocycles. The van der Waals surface area contributed by atoms with Gasteiger partial charge in [-0.1, -0.05) is 6.92 Å². The molecule has 0 spiro atoms. The Labute approximate surface area is 96.2 Å². The smallest absolute Gasteiger partial charge is 0.233 e. The number of amides is 1. The van der Waals surface area contributed by atoms with Gasteiger partial charge < -0.3 is 10.6 Å². The first-order valence-corrected chi connectivity index (χ1v) is 5.60. The third-order valence-corrected chi connectivity index (χ3v) is 2.29. The van der Waals surface area contributed by atoms with E-state index in [1.54, 1.807) is 4.68 Å². The lowest BCUT2D eigenvalue weighted by Crippen LogP contribution is -2.33. The fourth-order valence-electron chi connectivity index (χ4n) is 1.46. The minimum atomic E-state index is 0.0448. The molecule has 2 N–H and O–H groups in total. The Kier molecular flexibility index (Phi) is 4.98. The van der Waals surface area contributed by atoms with Crippen LogP contribution in [0.2, 0.25) is 0 Å². The number of rotatable bonds is 6. The van der Waals surface area contributed by atoms with Crippen LogP contribution in [0.15, 0.2) is 6.20 Å². The van der Waals surface area contributed by atoms with Crippen LogP contribution in [0.3, 0.4) is 0 Å². The van der Waals surface area contributed by atoms with E-state index in [-0.39, 0.29) is 5.91 Å². The van der Waals surface area contributed by atoms with Crippen LogP contribution in [-0.2, 0) is 18.4 Å². The summed E-state index contributed by atoms with van der Waals surface area (Å²) in [5.74, 6) is 0.0448. The fourth-order valence-corrected chi connectivity index (χ4v) is 1.46. The second-order valence-corrected chi connectivity index (χ2v) is 3.87. The Hall–Kier alpha value is -1.36. The fraction of sp³-hybridized carbons (Fsp3) is 0.636. The first-order chi connectivity index (χ1) is 7.63. The molecule has 1 rings (SSSR count). The molecule has 0 aliphatic rings. The lowest BCUT2D eigenvalue weighted by atomic mass is 10.2. The van der Waals surface area contributed by atoms with Crippen LogP contribution in [0.25, 0.3) is 0 Å². The normalized spacial score (nSPS) is 10.4. The van der Waals surface area contributed by atoms with E-state index in [1.807, 2.05) is 27.1 Å². The summed E-state index contributed by atoms with van der Waals surface area (Å²) in [7, 11) is 1.89. The maximum atomic E-state index is 11.3. The number of nitrogens with zero attached hydrogens (tertiary/aromatic N) is 2. The van der Waals surface area contributed by atoms with E-state index in [1.165, 1.54) is 0 Å². The average molecular weight is 224 g/mol. The molecule has 0 radical (unpaired) electrons. The molecule has 16 heavy (non-hydrogen) atoms. The quantitative estimate of drug-likeness (QED) is 0.733. The highest BCUT2D eigenvalue weighted by atomic mass is 16.1. The number of carbonyl (C=O) groups excluding carboxylic acids is 1. The molecule has 0 aliphatic heterocycles. The van der Waals surface area contributed by atoms with Gasteiger partial charge in [-0.3, -0.25) is 9.48 Å². The molecule has 0 aromatic carbocycles. The van der Waals surface area contributed by atoms with Crippen LogP contribution in [0, 0.1) is 6.92 Å². The summed E-state index contributed by atoms with van der Waals surface area (Å²) >= 11 is 0. The van der Waals surface area contributed by atoms with Crippen LogP contribution < -0.4 is 10.6 Å².